The summed E-state index contributed by atoms with van der Waals surface area (Å²) < 4.78 is 6.31. The molecule has 4 heteroatoms. The summed E-state index contributed by atoms with van der Waals surface area (Å²) in [6.07, 6.45) is 0. The second-order valence-electron chi connectivity index (χ2n) is 4.84. The quantitative estimate of drug-likeness (QED) is 0.722. The number of halogens is 1. The highest BCUT2D eigenvalue weighted by molar-refractivity contribution is 9.10. The van der Waals surface area contributed by atoms with Gasteiger partial charge in [0, 0.05) is 15.5 Å². The Balaban J connectivity index is 1.92. The van der Waals surface area contributed by atoms with Gasteiger partial charge in [-0.1, -0.05) is 22.0 Å². The summed E-state index contributed by atoms with van der Waals surface area (Å²) in [7, 11) is 1.67. The van der Waals surface area contributed by atoms with Crippen LogP contribution in [-0.2, 0) is 0 Å². The first-order valence-corrected chi connectivity index (χ1v) is 7.43. The van der Waals surface area contributed by atoms with Crippen molar-refractivity contribution >= 4 is 38.3 Å². The van der Waals surface area contributed by atoms with Crippen LogP contribution in [0.15, 0.2) is 53.0 Å². The molecule has 0 spiro atoms. The Bertz CT molecular complexity index is 802. The number of benzene rings is 2. The molecule has 1 heterocycles. The second-order valence-corrected chi connectivity index (χ2v) is 5.70. The van der Waals surface area contributed by atoms with E-state index >= 15 is 0 Å². The number of rotatable bonds is 3. The molecule has 0 fully saturated rings. The van der Waals surface area contributed by atoms with E-state index < -0.39 is 0 Å². The number of methoxy groups -OCH3 is 1. The molecule has 0 saturated heterocycles. The number of ether oxygens (including phenoxy) is 1. The van der Waals surface area contributed by atoms with E-state index in [0.29, 0.717) is 0 Å². The van der Waals surface area contributed by atoms with Gasteiger partial charge in [0.2, 0.25) is 0 Å². The molecule has 0 bridgehead atoms. The van der Waals surface area contributed by atoms with Gasteiger partial charge in [-0.05, 0) is 55.0 Å². The Morgan fingerprint density at radius 2 is 1.90 bits per heavy atom. The highest BCUT2D eigenvalue weighted by atomic mass is 79.9. The van der Waals surface area contributed by atoms with Crippen LogP contribution in [0.2, 0.25) is 0 Å². The molecule has 0 aliphatic carbocycles. The molecule has 2 aromatic carbocycles. The fraction of sp³-hybridized carbons (Fsp3) is 0.118. The predicted molar refractivity (Wildman–Crippen MR) is 90.5 cm³/mol. The maximum Gasteiger partial charge on any atom is 0.131 e. The van der Waals surface area contributed by atoms with Crippen molar-refractivity contribution < 1.29 is 4.74 Å². The molecule has 0 aliphatic rings. The van der Waals surface area contributed by atoms with Crippen molar-refractivity contribution in [3.63, 3.8) is 0 Å². The molecule has 1 aromatic heterocycles. The maximum absolute atomic E-state index is 5.22. The molecule has 0 saturated carbocycles. The Labute approximate surface area is 132 Å². The fourth-order valence-corrected chi connectivity index (χ4v) is 2.50. The number of anilines is 2. The average Bonchev–Trinajstić information content (AvgIpc) is 2.50. The van der Waals surface area contributed by atoms with Crippen LogP contribution in [0.25, 0.3) is 10.9 Å². The number of nitrogens with zero attached hydrogens (tertiary/aromatic N) is 1. The lowest BCUT2D eigenvalue weighted by Crippen LogP contribution is -1.94. The third-order valence-electron chi connectivity index (χ3n) is 3.34. The molecule has 0 atom stereocenters. The van der Waals surface area contributed by atoms with Crippen LogP contribution >= 0.6 is 15.9 Å². The number of fused-ring (bicyclic) bond motifs is 1. The van der Waals surface area contributed by atoms with E-state index in [1.807, 2.05) is 36.4 Å². The van der Waals surface area contributed by atoms with Gasteiger partial charge in [0.05, 0.1) is 12.6 Å². The Hall–Kier alpha value is -2.07. The van der Waals surface area contributed by atoms with Gasteiger partial charge >= 0.3 is 0 Å². The first-order chi connectivity index (χ1) is 10.2. The molecule has 3 aromatic rings. The number of pyridine rings is 1. The second kappa shape index (κ2) is 5.74. The number of nitrogens with one attached hydrogen (secondary N) is 1. The Morgan fingerprint density at radius 1 is 1.05 bits per heavy atom. The molecule has 0 unspecified atom stereocenters. The zero-order chi connectivity index (χ0) is 14.8. The highest BCUT2D eigenvalue weighted by Gasteiger charge is 2.02. The summed E-state index contributed by atoms with van der Waals surface area (Å²) in [6, 6.07) is 16.0. The zero-order valence-electron chi connectivity index (χ0n) is 11.9. The van der Waals surface area contributed by atoms with Crippen molar-refractivity contribution in [2.75, 3.05) is 12.4 Å². The van der Waals surface area contributed by atoms with Gasteiger partial charge in [0.15, 0.2) is 0 Å². The van der Waals surface area contributed by atoms with Crippen LogP contribution < -0.4 is 10.1 Å². The topological polar surface area (TPSA) is 34.1 Å². The van der Waals surface area contributed by atoms with Crippen molar-refractivity contribution in [1.29, 1.82) is 0 Å². The normalized spacial score (nSPS) is 10.6. The predicted octanol–water partition coefficient (Wildman–Crippen LogP) is 5.06. The monoisotopic (exact) mass is 342 g/mol. The standard InChI is InChI=1S/C17H15BrN2O/c1-11-3-5-13(10-15(11)18)19-17-8-4-12-9-14(21-2)6-7-16(12)20-17/h3-10H,1-2H3,(H,19,20). The number of hydrogen-bond acceptors (Lipinski definition) is 3. The molecule has 0 radical (unpaired) electrons. The first kappa shape index (κ1) is 13.9. The minimum atomic E-state index is 0.823. The van der Waals surface area contributed by atoms with Crippen LogP contribution in [0, 0.1) is 6.92 Å². The van der Waals surface area contributed by atoms with Crippen molar-refractivity contribution in [3.05, 3.63) is 58.6 Å². The summed E-state index contributed by atoms with van der Waals surface area (Å²) >= 11 is 3.54. The van der Waals surface area contributed by atoms with E-state index in [4.69, 9.17) is 4.74 Å². The van der Waals surface area contributed by atoms with Gasteiger partial charge in [0.25, 0.3) is 0 Å². The lowest BCUT2D eigenvalue weighted by atomic mass is 10.2. The molecule has 0 aliphatic heterocycles. The summed E-state index contributed by atoms with van der Waals surface area (Å²) in [4.78, 5) is 4.62. The summed E-state index contributed by atoms with van der Waals surface area (Å²) in [6.45, 7) is 2.07. The number of aromatic nitrogens is 1. The van der Waals surface area contributed by atoms with Crippen molar-refractivity contribution in [1.82, 2.24) is 4.98 Å². The van der Waals surface area contributed by atoms with Gasteiger partial charge in [-0.15, -0.1) is 0 Å². The van der Waals surface area contributed by atoms with Crippen molar-refractivity contribution in [2.45, 2.75) is 6.92 Å². The largest absolute Gasteiger partial charge is 0.497 e. The maximum atomic E-state index is 5.22. The van der Waals surface area contributed by atoms with E-state index in [0.717, 1.165) is 32.6 Å². The van der Waals surface area contributed by atoms with Crippen LogP contribution in [-0.4, -0.2) is 12.1 Å². The van der Waals surface area contributed by atoms with Gasteiger partial charge in [0.1, 0.15) is 11.6 Å². The lowest BCUT2D eigenvalue weighted by Gasteiger charge is -2.09. The summed E-state index contributed by atoms with van der Waals surface area (Å²) in [5.41, 5.74) is 3.15. The molecule has 21 heavy (non-hydrogen) atoms. The van der Waals surface area contributed by atoms with Crippen LogP contribution in [0.4, 0.5) is 11.5 Å². The third kappa shape index (κ3) is 3.00. The summed E-state index contributed by atoms with van der Waals surface area (Å²) in [5, 5.41) is 4.38. The smallest absolute Gasteiger partial charge is 0.131 e. The lowest BCUT2D eigenvalue weighted by molar-refractivity contribution is 0.415. The van der Waals surface area contributed by atoms with Crippen molar-refractivity contribution in [3.8, 4) is 5.75 Å². The highest BCUT2D eigenvalue weighted by Crippen LogP contribution is 2.25. The number of aryl methyl sites for hydroxylation is 1. The van der Waals surface area contributed by atoms with E-state index in [2.05, 4.69) is 45.3 Å². The Morgan fingerprint density at radius 3 is 2.67 bits per heavy atom. The van der Waals surface area contributed by atoms with E-state index in [9.17, 15) is 0 Å². The molecule has 3 nitrogen and oxygen atoms in total. The minimum Gasteiger partial charge on any atom is -0.497 e. The van der Waals surface area contributed by atoms with Crippen molar-refractivity contribution in [2.24, 2.45) is 0 Å². The fourth-order valence-electron chi connectivity index (χ4n) is 2.12. The number of hydrogen-bond donors (Lipinski definition) is 1. The molecular weight excluding hydrogens is 328 g/mol. The average molecular weight is 343 g/mol. The molecule has 106 valence electrons. The third-order valence-corrected chi connectivity index (χ3v) is 4.19. The molecule has 0 amide bonds. The van der Waals surface area contributed by atoms with E-state index in [-0.39, 0.29) is 0 Å². The van der Waals surface area contributed by atoms with Gasteiger partial charge in [-0.2, -0.15) is 0 Å². The Kier molecular flexibility index (Phi) is 3.80. The SMILES string of the molecule is COc1ccc2nc(Nc3ccc(C)c(Br)c3)ccc2c1. The van der Waals surface area contributed by atoms with Crippen LogP contribution in [0.3, 0.4) is 0 Å². The van der Waals surface area contributed by atoms with Gasteiger partial charge in [-0.25, -0.2) is 4.98 Å². The van der Waals surface area contributed by atoms with Crippen LogP contribution in [0.1, 0.15) is 5.56 Å². The van der Waals surface area contributed by atoms with Gasteiger partial charge < -0.3 is 10.1 Å². The molecule has 3 rings (SSSR count). The molecular formula is C17H15BrN2O. The summed E-state index contributed by atoms with van der Waals surface area (Å²) in [5.74, 6) is 1.66. The molecule has 1 N–H and O–H groups in total. The van der Waals surface area contributed by atoms with E-state index in [1.54, 1.807) is 7.11 Å². The minimum absolute atomic E-state index is 0.823. The van der Waals surface area contributed by atoms with E-state index in [1.165, 1.54) is 5.56 Å². The van der Waals surface area contributed by atoms with Crippen LogP contribution in [0.5, 0.6) is 5.75 Å². The van der Waals surface area contributed by atoms with Gasteiger partial charge in [-0.3, -0.25) is 0 Å². The first-order valence-electron chi connectivity index (χ1n) is 6.64. The zero-order valence-corrected chi connectivity index (χ0v) is 13.4.